The van der Waals surface area contributed by atoms with Crippen molar-refractivity contribution in [2.24, 2.45) is 10.9 Å². The summed E-state index contributed by atoms with van der Waals surface area (Å²) in [6, 6.07) is -0.170. The molecule has 0 aromatic carbocycles. The van der Waals surface area contributed by atoms with Crippen LogP contribution < -0.4 is 11.1 Å². The number of hydrogen-bond acceptors (Lipinski definition) is 3. The van der Waals surface area contributed by atoms with Crippen LogP contribution in [0.15, 0.2) is 5.16 Å². The molecule has 0 fully saturated rings. The quantitative estimate of drug-likeness (QED) is 0.191. The van der Waals surface area contributed by atoms with Gasteiger partial charge in [-0.2, -0.15) is 0 Å². The normalized spacial score (nSPS) is 16.2. The van der Waals surface area contributed by atoms with Crippen LogP contribution in [0, 0.1) is 12.3 Å². The summed E-state index contributed by atoms with van der Waals surface area (Å²) in [4.78, 5) is 0. The third-order valence-corrected chi connectivity index (χ3v) is 1.89. The van der Waals surface area contributed by atoms with Gasteiger partial charge in [0.05, 0.1) is 12.1 Å². The van der Waals surface area contributed by atoms with Crippen molar-refractivity contribution < 1.29 is 5.21 Å². The molecule has 2 atom stereocenters. The summed E-state index contributed by atoms with van der Waals surface area (Å²) in [5.74, 6) is 2.77. The summed E-state index contributed by atoms with van der Waals surface area (Å²) < 4.78 is 0. The van der Waals surface area contributed by atoms with Gasteiger partial charge in [-0.1, -0.05) is 24.9 Å². The van der Waals surface area contributed by atoms with E-state index in [4.69, 9.17) is 17.4 Å². The van der Waals surface area contributed by atoms with Gasteiger partial charge in [-0.15, -0.1) is 6.42 Å². The molecule has 0 aromatic heterocycles. The molecule has 4 N–H and O–H groups in total. The Morgan fingerprint density at radius 3 is 2.54 bits per heavy atom. The standard InChI is InChI=1S/C9H17N3O/c1-4-7(5-2)11-8(6-3)9(10)12-13/h1,7-8,11,13H,5-6H2,2-3H3,(H2,10,12). The van der Waals surface area contributed by atoms with Crippen LogP contribution in [0.4, 0.5) is 0 Å². The van der Waals surface area contributed by atoms with Crippen LogP contribution >= 0.6 is 0 Å². The SMILES string of the molecule is C#CC(CC)NC(CC)C(N)=NO. The van der Waals surface area contributed by atoms with Gasteiger partial charge in [0, 0.05) is 0 Å². The second kappa shape index (κ2) is 6.32. The predicted molar refractivity (Wildman–Crippen MR) is 53.5 cm³/mol. The lowest BCUT2D eigenvalue weighted by molar-refractivity contribution is 0.313. The van der Waals surface area contributed by atoms with E-state index in [1.807, 2.05) is 13.8 Å². The highest BCUT2D eigenvalue weighted by molar-refractivity contribution is 5.85. The van der Waals surface area contributed by atoms with Gasteiger partial charge in [-0.05, 0) is 12.8 Å². The maximum Gasteiger partial charge on any atom is 0.156 e. The average molecular weight is 183 g/mol. The third kappa shape index (κ3) is 3.81. The maximum absolute atomic E-state index is 8.47. The van der Waals surface area contributed by atoms with Crippen molar-refractivity contribution in [3.05, 3.63) is 0 Å². The first kappa shape index (κ1) is 11.8. The summed E-state index contributed by atoms with van der Waals surface area (Å²) in [7, 11) is 0. The Kier molecular flexibility index (Phi) is 5.73. The van der Waals surface area contributed by atoms with Gasteiger partial charge in [0.15, 0.2) is 5.84 Å². The van der Waals surface area contributed by atoms with Crippen LogP contribution in [0.2, 0.25) is 0 Å². The van der Waals surface area contributed by atoms with Crippen molar-refractivity contribution >= 4 is 5.84 Å². The molecule has 0 rings (SSSR count). The fourth-order valence-corrected chi connectivity index (χ4v) is 1.01. The van der Waals surface area contributed by atoms with E-state index in [0.717, 1.165) is 12.8 Å². The van der Waals surface area contributed by atoms with Gasteiger partial charge in [0.2, 0.25) is 0 Å². The summed E-state index contributed by atoms with van der Waals surface area (Å²) >= 11 is 0. The fraction of sp³-hybridized carbons (Fsp3) is 0.667. The number of terminal acetylenes is 1. The molecule has 0 saturated carbocycles. The van der Waals surface area contributed by atoms with Crippen LogP contribution in [0.3, 0.4) is 0 Å². The van der Waals surface area contributed by atoms with E-state index in [1.165, 1.54) is 0 Å². The zero-order chi connectivity index (χ0) is 10.3. The van der Waals surface area contributed by atoms with E-state index in [-0.39, 0.29) is 17.9 Å². The van der Waals surface area contributed by atoms with Crippen molar-refractivity contribution in [1.29, 1.82) is 0 Å². The molecule has 74 valence electrons. The van der Waals surface area contributed by atoms with Crippen molar-refractivity contribution in [2.75, 3.05) is 0 Å². The smallest absolute Gasteiger partial charge is 0.156 e. The van der Waals surface area contributed by atoms with E-state index >= 15 is 0 Å². The van der Waals surface area contributed by atoms with Crippen LogP contribution in [0.25, 0.3) is 0 Å². The van der Waals surface area contributed by atoms with Gasteiger partial charge >= 0.3 is 0 Å². The maximum atomic E-state index is 8.47. The molecule has 0 amide bonds. The number of hydrogen-bond donors (Lipinski definition) is 3. The second-order valence-corrected chi connectivity index (χ2v) is 2.78. The summed E-state index contributed by atoms with van der Waals surface area (Å²) in [5, 5.41) is 14.5. The lowest BCUT2D eigenvalue weighted by Gasteiger charge is -2.19. The monoisotopic (exact) mass is 183 g/mol. The summed E-state index contributed by atoms with van der Waals surface area (Å²) in [5.41, 5.74) is 5.45. The Hall–Kier alpha value is -1.21. The topological polar surface area (TPSA) is 70.6 Å². The number of oxime groups is 1. The zero-order valence-corrected chi connectivity index (χ0v) is 8.12. The van der Waals surface area contributed by atoms with Gasteiger partial charge in [-0.3, -0.25) is 5.32 Å². The van der Waals surface area contributed by atoms with Crippen molar-refractivity contribution in [3.63, 3.8) is 0 Å². The first-order valence-corrected chi connectivity index (χ1v) is 4.39. The lowest BCUT2D eigenvalue weighted by atomic mass is 10.1. The van der Waals surface area contributed by atoms with Crippen LogP contribution in [-0.4, -0.2) is 23.1 Å². The highest BCUT2D eigenvalue weighted by Gasteiger charge is 2.14. The lowest BCUT2D eigenvalue weighted by Crippen LogP contribution is -2.45. The molecule has 4 nitrogen and oxygen atoms in total. The van der Waals surface area contributed by atoms with Gasteiger partial charge in [0.25, 0.3) is 0 Å². The van der Waals surface area contributed by atoms with E-state index in [9.17, 15) is 0 Å². The minimum absolute atomic E-state index is 0.0229. The highest BCUT2D eigenvalue weighted by atomic mass is 16.4. The van der Waals surface area contributed by atoms with E-state index in [2.05, 4.69) is 16.4 Å². The number of amidine groups is 1. The Morgan fingerprint density at radius 1 is 1.62 bits per heavy atom. The molecule has 0 aliphatic heterocycles. The van der Waals surface area contributed by atoms with Gasteiger partial charge in [0.1, 0.15) is 0 Å². The molecule has 2 unspecified atom stereocenters. The minimum atomic E-state index is -0.147. The van der Waals surface area contributed by atoms with E-state index in [0.29, 0.717) is 0 Å². The minimum Gasteiger partial charge on any atom is -0.409 e. The van der Waals surface area contributed by atoms with Crippen LogP contribution in [-0.2, 0) is 0 Å². The van der Waals surface area contributed by atoms with Gasteiger partial charge < -0.3 is 10.9 Å². The molecule has 0 radical (unpaired) electrons. The molecule has 0 saturated heterocycles. The molecule has 13 heavy (non-hydrogen) atoms. The predicted octanol–water partition coefficient (Wildman–Crippen LogP) is 0.513. The summed E-state index contributed by atoms with van der Waals surface area (Å²) in [6.07, 6.45) is 6.84. The largest absolute Gasteiger partial charge is 0.409 e. The zero-order valence-electron chi connectivity index (χ0n) is 8.12. The molecule has 0 aliphatic rings. The molecule has 0 heterocycles. The van der Waals surface area contributed by atoms with Crippen LogP contribution in [0.5, 0.6) is 0 Å². The molecular weight excluding hydrogens is 166 g/mol. The molecular formula is C9H17N3O. The van der Waals surface area contributed by atoms with E-state index < -0.39 is 0 Å². The molecule has 0 aliphatic carbocycles. The Bertz CT molecular complexity index is 207. The molecule has 4 heteroatoms. The first-order chi connectivity index (χ1) is 6.19. The number of nitrogens with two attached hydrogens (primary N) is 1. The first-order valence-electron chi connectivity index (χ1n) is 4.39. The number of rotatable bonds is 5. The molecule has 0 bridgehead atoms. The average Bonchev–Trinajstić information content (AvgIpc) is 2.19. The van der Waals surface area contributed by atoms with E-state index in [1.54, 1.807) is 0 Å². The van der Waals surface area contributed by atoms with Crippen molar-refractivity contribution in [2.45, 2.75) is 38.8 Å². The second-order valence-electron chi connectivity index (χ2n) is 2.78. The third-order valence-electron chi connectivity index (χ3n) is 1.89. The summed E-state index contributed by atoms with van der Waals surface area (Å²) in [6.45, 7) is 3.93. The Labute approximate surface area is 79.2 Å². The number of nitrogens with zero attached hydrogens (tertiary/aromatic N) is 1. The molecule has 0 spiro atoms. The Balaban J connectivity index is 4.21. The van der Waals surface area contributed by atoms with Gasteiger partial charge in [-0.25, -0.2) is 0 Å². The fourth-order valence-electron chi connectivity index (χ4n) is 1.01. The number of nitrogens with one attached hydrogen (secondary N) is 1. The molecule has 0 aromatic rings. The van der Waals surface area contributed by atoms with Crippen LogP contribution in [0.1, 0.15) is 26.7 Å². The highest BCUT2D eigenvalue weighted by Crippen LogP contribution is 1.96. The van der Waals surface area contributed by atoms with Crippen molar-refractivity contribution in [1.82, 2.24) is 5.32 Å². The van der Waals surface area contributed by atoms with Crippen molar-refractivity contribution in [3.8, 4) is 12.3 Å². The Morgan fingerprint density at radius 2 is 2.23 bits per heavy atom.